The van der Waals surface area contributed by atoms with E-state index in [1.54, 1.807) is 30.3 Å². The number of rotatable bonds is 11. The van der Waals surface area contributed by atoms with Crippen LogP contribution >= 0.6 is 0 Å². The first-order valence-electron chi connectivity index (χ1n) is 11.4. The molecule has 0 unspecified atom stereocenters. The molecule has 1 atom stereocenters. The van der Waals surface area contributed by atoms with Crippen LogP contribution in [0.1, 0.15) is 25.0 Å². The van der Waals surface area contributed by atoms with Gasteiger partial charge in [-0.3, -0.25) is 24.5 Å². The van der Waals surface area contributed by atoms with Crippen molar-refractivity contribution in [2.75, 3.05) is 11.3 Å². The molecule has 0 saturated carbocycles. The zero-order chi connectivity index (χ0) is 27.9. The number of pyridine rings is 1. The summed E-state index contributed by atoms with van der Waals surface area (Å²) in [7, 11) is -4.15. The fourth-order valence-corrected chi connectivity index (χ4v) is 4.54. The number of sulfonamides is 1. The maximum Gasteiger partial charge on any atom is 0.387 e. The van der Waals surface area contributed by atoms with E-state index < -0.39 is 39.1 Å². The summed E-state index contributed by atoms with van der Waals surface area (Å²) >= 11 is 0. The number of nitrogens with two attached hydrogens (primary N) is 1. The lowest BCUT2D eigenvalue weighted by atomic mass is 10.1. The second kappa shape index (κ2) is 11.7. The summed E-state index contributed by atoms with van der Waals surface area (Å²) in [5.74, 6) is -4.62. The fourth-order valence-electron chi connectivity index (χ4n) is 3.46. The highest BCUT2D eigenvalue weighted by molar-refractivity contribution is 7.92. The summed E-state index contributed by atoms with van der Waals surface area (Å²) in [6.45, 7) is 2.36. The van der Waals surface area contributed by atoms with Gasteiger partial charge in [0.05, 0.1) is 11.5 Å². The van der Waals surface area contributed by atoms with Crippen molar-refractivity contribution in [3.05, 3.63) is 94.4 Å². The van der Waals surface area contributed by atoms with E-state index >= 15 is 0 Å². The summed E-state index contributed by atoms with van der Waals surface area (Å²) < 4.78 is 39.4. The molecule has 0 aliphatic carbocycles. The molecule has 3 rings (SSSR count). The molecule has 0 fully saturated rings. The predicted octanol–water partition coefficient (Wildman–Crippen LogP) is 1.46. The van der Waals surface area contributed by atoms with Crippen LogP contribution in [-0.4, -0.2) is 37.3 Å². The molecular weight excluding hydrogens is 514 g/mol. The maximum absolute atomic E-state index is 13.4. The molecule has 0 saturated heterocycles. The Morgan fingerprint density at radius 3 is 2.29 bits per heavy atom. The summed E-state index contributed by atoms with van der Waals surface area (Å²) in [5.41, 5.74) is 5.17. The third-order valence-electron chi connectivity index (χ3n) is 5.19. The quantitative estimate of drug-likeness (QED) is 0.122. The molecular formula is C25H27N5O7S. The molecule has 38 heavy (non-hydrogen) atoms. The number of nitrogens with one attached hydrogen (secondary N) is 3. The minimum Gasteiger partial charge on any atom is -0.405 e. The van der Waals surface area contributed by atoms with E-state index in [4.69, 9.17) is 20.6 Å². The van der Waals surface area contributed by atoms with Crippen LogP contribution in [0.2, 0.25) is 0 Å². The van der Waals surface area contributed by atoms with Crippen molar-refractivity contribution < 1.29 is 27.5 Å². The molecule has 0 aliphatic rings. The van der Waals surface area contributed by atoms with Crippen molar-refractivity contribution in [1.29, 1.82) is 5.41 Å². The molecule has 0 aliphatic heterocycles. The van der Waals surface area contributed by atoms with Crippen LogP contribution in [0.25, 0.3) is 0 Å². The molecule has 0 spiro atoms. The fraction of sp³-hybridized carbons (Fsp3) is 0.200. The lowest BCUT2D eigenvalue weighted by Gasteiger charge is -2.32. The number of hydrogen-bond donors (Lipinski definition) is 4. The van der Waals surface area contributed by atoms with Gasteiger partial charge in [-0.05, 0) is 36.8 Å². The Morgan fingerprint density at radius 2 is 1.71 bits per heavy atom. The molecule has 0 bridgehead atoms. The van der Waals surface area contributed by atoms with E-state index in [1.165, 1.54) is 43.3 Å². The van der Waals surface area contributed by atoms with Crippen molar-refractivity contribution >= 4 is 33.4 Å². The van der Waals surface area contributed by atoms with E-state index in [1.807, 2.05) is 0 Å². The highest BCUT2D eigenvalue weighted by Gasteiger charge is 2.47. The van der Waals surface area contributed by atoms with Gasteiger partial charge in [-0.25, -0.2) is 13.0 Å². The molecule has 1 heterocycles. The molecule has 5 N–H and O–H groups in total. The van der Waals surface area contributed by atoms with E-state index in [2.05, 4.69) is 10.0 Å². The van der Waals surface area contributed by atoms with Crippen molar-refractivity contribution in [2.45, 2.75) is 31.2 Å². The van der Waals surface area contributed by atoms with Crippen LogP contribution in [0.4, 0.5) is 5.69 Å². The van der Waals surface area contributed by atoms with Gasteiger partial charge < -0.3 is 20.5 Å². The second-order valence-electron chi connectivity index (χ2n) is 7.92. The third-order valence-corrected chi connectivity index (χ3v) is 6.57. The van der Waals surface area contributed by atoms with Gasteiger partial charge in [0.2, 0.25) is 0 Å². The van der Waals surface area contributed by atoms with Crippen LogP contribution in [0.5, 0.6) is 0 Å². The molecule has 0 radical (unpaired) electrons. The number of esters is 1. The third kappa shape index (κ3) is 6.25. The molecule has 2 aromatic carbocycles. The number of nitrogen functional groups attached to an aromatic ring is 1. The summed E-state index contributed by atoms with van der Waals surface area (Å²) in [6.07, 6.45) is 1.14. The van der Waals surface area contributed by atoms with E-state index in [0.29, 0.717) is 15.7 Å². The normalized spacial score (nSPS) is 12.7. The Bertz CT molecular complexity index is 1490. The highest BCUT2D eigenvalue weighted by atomic mass is 32.2. The van der Waals surface area contributed by atoms with Crippen LogP contribution in [0, 0.1) is 5.41 Å². The molecule has 3 aromatic rings. The van der Waals surface area contributed by atoms with Gasteiger partial charge in [-0.2, -0.15) is 0 Å². The Kier molecular flexibility index (Phi) is 8.65. The van der Waals surface area contributed by atoms with Crippen LogP contribution in [0.15, 0.2) is 82.6 Å². The van der Waals surface area contributed by atoms with Gasteiger partial charge >= 0.3 is 17.8 Å². The smallest absolute Gasteiger partial charge is 0.387 e. The first-order chi connectivity index (χ1) is 18.0. The number of aromatic nitrogens is 1. The lowest BCUT2D eigenvalue weighted by molar-refractivity contribution is -0.264. The maximum atomic E-state index is 13.4. The lowest BCUT2D eigenvalue weighted by Crippen LogP contribution is -2.56. The summed E-state index contributed by atoms with van der Waals surface area (Å²) in [4.78, 5) is 38.8. The van der Waals surface area contributed by atoms with Gasteiger partial charge in [-0.15, -0.1) is 0 Å². The minimum atomic E-state index is -4.15. The number of ether oxygens (including phenoxy) is 2. The monoisotopic (exact) mass is 541 g/mol. The first-order valence-corrected chi connectivity index (χ1v) is 12.8. The second-order valence-corrected chi connectivity index (χ2v) is 9.60. The van der Waals surface area contributed by atoms with Crippen LogP contribution in [-0.2, 0) is 41.5 Å². The average Bonchev–Trinajstić information content (AvgIpc) is 2.88. The molecule has 1 amide bonds. The van der Waals surface area contributed by atoms with Gasteiger partial charge in [0.1, 0.15) is 11.5 Å². The number of carbonyl (C=O) groups is 2. The zero-order valence-corrected chi connectivity index (χ0v) is 21.4. The highest BCUT2D eigenvalue weighted by Crippen LogP contribution is 2.22. The van der Waals surface area contributed by atoms with Crippen molar-refractivity contribution in [3.63, 3.8) is 0 Å². The molecule has 12 nitrogen and oxygen atoms in total. The van der Waals surface area contributed by atoms with E-state index in [9.17, 15) is 22.8 Å². The van der Waals surface area contributed by atoms with Crippen LogP contribution in [0.3, 0.4) is 0 Å². The number of amides is 1. The van der Waals surface area contributed by atoms with Crippen molar-refractivity contribution in [2.24, 2.45) is 5.73 Å². The molecule has 1 aromatic heterocycles. The number of benzene rings is 2. The number of hydrogen-bond acceptors (Lipinski definition) is 8. The molecule has 200 valence electrons. The Balaban J connectivity index is 2.00. The van der Waals surface area contributed by atoms with E-state index in [-0.39, 0.29) is 23.9 Å². The predicted molar refractivity (Wildman–Crippen MR) is 139 cm³/mol. The topological polar surface area (TPSA) is 183 Å². The number of carbonyl (C=O) groups excluding carboxylic acids is 2. The first kappa shape index (κ1) is 28.1. The van der Waals surface area contributed by atoms with Gasteiger partial charge in [0, 0.05) is 25.2 Å². The number of nitrogens with zero attached hydrogens (tertiary/aromatic N) is 1. The Morgan fingerprint density at radius 1 is 1.05 bits per heavy atom. The van der Waals surface area contributed by atoms with Crippen molar-refractivity contribution in [1.82, 2.24) is 9.88 Å². The van der Waals surface area contributed by atoms with Crippen LogP contribution < -0.4 is 21.3 Å². The Hall–Kier alpha value is -4.49. The Labute approximate surface area is 218 Å². The molecule has 13 heteroatoms. The average molecular weight is 542 g/mol. The van der Waals surface area contributed by atoms with Crippen molar-refractivity contribution in [3.8, 4) is 0 Å². The SMILES string of the molecule is CCO[C@](OC(C)=O)(C(=O)NCc1ccc(C(=N)N)cc1)n1cccc(NS(=O)(=O)c2ccccc2)c1=O. The minimum absolute atomic E-state index is 0.0534. The number of amidine groups is 1. The van der Waals surface area contributed by atoms with E-state index in [0.717, 1.165) is 13.1 Å². The largest absolute Gasteiger partial charge is 0.405 e. The van der Waals surface area contributed by atoms with Gasteiger partial charge in [0.15, 0.2) is 0 Å². The standard InChI is InChI=1S/C25H27N5O7S/c1-3-36-25(37-17(2)31,24(33)28-16-18-11-13-19(14-12-18)22(26)27)30-15-7-10-21(23(30)32)29-38(34,35)20-8-5-4-6-9-20/h4-15,29H,3,16H2,1-2H3,(H3,26,27)(H,28,33)/t25-/m0/s1. The van der Waals surface area contributed by atoms with Gasteiger partial charge in [-0.1, -0.05) is 42.5 Å². The summed E-state index contributed by atoms with van der Waals surface area (Å²) in [6, 6.07) is 16.4. The number of anilines is 1. The zero-order valence-electron chi connectivity index (χ0n) is 20.6. The summed E-state index contributed by atoms with van der Waals surface area (Å²) in [5, 5.41) is 10.0. The van der Waals surface area contributed by atoms with Gasteiger partial charge in [0.25, 0.3) is 15.6 Å².